The monoisotopic (exact) mass is 286 g/mol. The summed E-state index contributed by atoms with van der Waals surface area (Å²) in [5.41, 5.74) is 10.5. The molecule has 3 aromatic rings. The number of nitrogens with two attached hydrogens (primary N) is 1. The average Bonchev–Trinajstić information content (AvgIpc) is 2.83. The predicted octanol–water partition coefficient (Wildman–Crippen LogP) is 1.27. The lowest BCUT2D eigenvalue weighted by molar-refractivity contribution is 0.249. The van der Waals surface area contributed by atoms with Gasteiger partial charge in [0.25, 0.3) is 0 Å². The van der Waals surface area contributed by atoms with Crippen LogP contribution in [0.2, 0.25) is 0 Å². The molecule has 0 aliphatic carbocycles. The van der Waals surface area contributed by atoms with E-state index >= 15 is 0 Å². The van der Waals surface area contributed by atoms with E-state index in [9.17, 15) is 10.2 Å². The zero-order valence-electron chi connectivity index (χ0n) is 12.1. The largest absolute Gasteiger partial charge is 0.395 e. The van der Waals surface area contributed by atoms with Gasteiger partial charge in [-0.1, -0.05) is 6.07 Å². The first-order valence-electron chi connectivity index (χ1n) is 6.84. The predicted molar refractivity (Wildman–Crippen MR) is 81.9 cm³/mol. The van der Waals surface area contributed by atoms with Gasteiger partial charge in [-0.25, -0.2) is 9.97 Å². The number of aromatic nitrogens is 3. The van der Waals surface area contributed by atoms with Gasteiger partial charge in [-0.05, 0) is 31.0 Å². The molecule has 0 fully saturated rings. The van der Waals surface area contributed by atoms with Crippen LogP contribution in [0.1, 0.15) is 17.0 Å². The molecule has 0 radical (unpaired) electrons. The number of nitrogen functional groups attached to an aromatic ring is 1. The van der Waals surface area contributed by atoms with Crippen molar-refractivity contribution in [1.82, 2.24) is 14.5 Å². The number of rotatable bonds is 3. The molecular formula is C15H18N4O2. The van der Waals surface area contributed by atoms with Crippen LogP contribution in [-0.2, 0) is 13.2 Å². The third-order valence-corrected chi connectivity index (χ3v) is 3.95. The molecule has 0 aliphatic rings. The first-order chi connectivity index (χ1) is 10.1. The Labute approximate surface area is 121 Å². The van der Waals surface area contributed by atoms with E-state index in [0.29, 0.717) is 23.7 Å². The second-order valence-electron chi connectivity index (χ2n) is 5.16. The van der Waals surface area contributed by atoms with Gasteiger partial charge in [0.1, 0.15) is 17.9 Å². The molecule has 0 amide bonds. The van der Waals surface area contributed by atoms with E-state index in [2.05, 4.69) is 9.97 Å². The third-order valence-electron chi connectivity index (χ3n) is 3.95. The van der Waals surface area contributed by atoms with E-state index in [-0.39, 0.29) is 13.2 Å². The highest BCUT2D eigenvalue weighted by molar-refractivity contribution is 6.08. The van der Waals surface area contributed by atoms with E-state index in [1.807, 2.05) is 30.5 Å². The summed E-state index contributed by atoms with van der Waals surface area (Å²) in [6.07, 6.45) is 0. The maximum atomic E-state index is 9.51. The molecule has 2 heterocycles. The van der Waals surface area contributed by atoms with Crippen LogP contribution < -0.4 is 5.73 Å². The molecule has 4 N–H and O–H groups in total. The van der Waals surface area contributed by atoms with Crippen molar-refractivity contribution in [2.45, 2.75) is 27.0 Å². The summed E-state index contributed by atoms with van der Waals surface area (Å²) in [5.74, 6) is 0.827. The molecule has 0 atom stereocenters. The lowest BCUT2D eigenvalue weighted by Crippen LogP contribution is -2.07. The minimum absolute atomic E-state index is 0.0347. The smallest absolute Gasteiger partial charge is 0.152 e. The number of hydrogen-bond acceptors (Lipinski definition) is 5. The number of hydrogen-bond donors (Lipinski definition) is 3. The molecular weight excluding hydrogens is 268 g/mol. The molecule has 0 aliphatic heterocycles. The van der Waals surface area contributed by atoms with Crippen molar-refractivity contribution in [2.24, 2.45) is 0 Å². The van der Waals surface area contributed by atoms with Gasteiger partial charge in [-0.3, -0.25) is 0 Å². The highest BCUT2D eigenvalue weighted by Crippen LogP contribution is 2.32. The summed E-state index contributed by atoms with van der Waals surface area (Å²) in [4.78, 5) is 8.80. The highest BCUT2D eigenvalue weighted by atomic mass is 16.3. The summed E-state index contributed by atoms with van der Waals surface area (Å²) in [6, 6.07) is 3.94. The summed E-state index contributed by atoms with van der Waals surface area (Å²) >= 11 is 0. The number of nitrogens with zero attached hydrogens (tertiary/aromatic N) is 3. The quantitative estimate of drug-likeness (QED) is 0.673. The van der Waals surface area contributed by atoms with Crippen molar-refractivity contribution in [2.75, 3.05) is 12.3 Å². The summed E-state index contributed by atoms with van der Waals surface area (Å²) in [7, 11) is 0. The molecule has 2 aromatic heterocycles. The van der Waals surface area contributed by atoms with Crippen LogP contribution >= 0.6 is 0 Å². The SMILES string of the molecule is Cc1ccc2nc(N)c3nc(CO)n(CCO)c3c2c1C. The van der Waals surface area contributed by atoms with Crippen LogP contribution in [0.15, 0.2) is 12.1 Å². The van der Waals surface area contributed by atoms with Gasteiger partial charge in [0, 0.05) is 11.9 Å². The fraction of sp³-hybridized carbons (Fsp3) is 0.333. The lowest BCUT2D eigenvalue weighted by atomic mass is 10.0. The number of fused-ring (bicyclic) bond motifs is 3. The standard InChI is InChI=1S/C15H18N4O2/c1-8-3-4-10-12(9(8)2)14-13(15(16)17-10)18-11(7-21)19(14)5-6-20/h3-4,20-21H,5-7H2,1-2H3,(H2,16,17). The maximum absolute atomic E-state index is 9.51. The number of imidazole rings is 1. The zero-order valence-corrected chi connectivity index (χ0v) is 12.1. The molecule has 1 aromatic carbocycles. The Morgan fingerprint density at radius 2 is 1.95 bits per heavy atom. The van der Waals surface area contributed by atoms with Gasteiger partial charge in [0.2, 0.25) is 0 Å². The van der Waals surface area contributed by atoms with Crippen molar-refractivity contribution >= 4 is 27.8 Å². The van der Waals surface area contributed by atoms with E-state index in [1.165, 1.54) is 0 Å². The van der Waals surface area contributed by atoms with Crippen molar-refractivity contribution in [3.63, 3.8) is 0 Å². The van der Waals surface area contributed by atoms with Gasteiger partial charge in [0.05, 0.1) is 17.6 Å². The minimum Gasteiger partial charge on any atom is -0.395 e. The van der Waals surface area contributed by atoms with E-state index in [0.717, 1.165) is 27.5 Å². The fourth-order valence-electron chi connectivity index (χ4n) is 2.77. The zero-order chi connectivity index (χ0) is 15.1. The van der Waals surface area contributed by atoms with Gasteiger partial charge >= 0.3 is 0 Å². The van der Waals surface area contributed by atoms with Crippen LogP contribution in [0.25, 0.3) is 21.9 Å². The van der Waals surface area contributed by atoms with Crippen molar-refractivity contribution in [3.8, 4) is 0 Å². The molecule has 110 valence electrons. The number of aryl methyl sites for hydroxylation is 2. The molecule has 6 nitrogen and oxygen atoms in total. The van der Waals surface area contributed by atoms with Crippen LogP contribution in [0.4, 0.5) is 5.82 Å². The molecule has 0 bridgehead atoms. The summed E-state index contributed by atoms with van der Waals surface area (Å²) < 4.78 is 1.82. The third kappa shape index (κ3) is 1.95. The number of pyridine rings is 1. The molecule has 3 rings (SSSR count). The molecule has 6 heteroatoms. The minimum atomic E-state index is -0.208. The second kappa shape index (κ2) is 4.98. The Kier molecular flexibility index (Phi) is 3.27. The molecule has 0 saturated heterocycles. The van der Waals surface area contributed by atoms with E-state index < -0.39 is 0 Å². The second-order valence-corrected chi connectivity index (χ2v) is 5.16. The Balaban J connectivity index is 2.56. The van der Waals surface area contributed by atoms with Crippen molar-refractivity contribution < 1.29 is 10.2 Å². The molecule has 21 heavy (non-hydrogen) atoms. The van der Waals surface area contributed by atoms with Gasteiger partial charge in [-0.2, -0.15) is 0 Å². The summed E-state index contributed by atoms with van der Waals surface area (Å²) in [5, 5.41) is 19.8. The Morgan fingerprint density at radius 1 is 1.19 bits per heavy atom. The van der Waals surface area contributed by atoms with Crippen LogP contribution in [-0.4, -0.2) is 31.4 Å². The highest BCUT2D eigenvalue weighted by Gasteiger charge is 2.18. The van der Waals surface area contributed by atoms with Crippen LogP contribution in [0, 0.1) is 13.8 Å². The fourth-order valence-corrected chi connectivity index (χ4v) is 2.77. The van der Waals surface area contributed by atoms with Crippen molar-refractivity contribution in [3.05, 3.63) is 29.1 Å². The van der Waals surface area contributed by atoms with Gasteiger partial charge < -0.3 is 20.5 Å². The summed E-state index contributed by atoms with van der Waals surface area (Å²) in [6.45, 7) is 4.19. The van der Waals surface area contributed by atoms with Crippen molar-refractivity contribution in [1.29, 1.82) is 0 Å². The van der Waals surface area contributed by atoms with E-state index in [1.54, 1.807) is 0 Å². The Morgan fingerprint density at radius 3 is 2.62 bits per heavy atom. The number of benzene rings is 1. The molecule has 0 saturated carbocycles. The normalized spacial score (nSPS) is 11.6. The number of aliphatic hydroxyl groups is 2. The van der Waals surface area contributed by atoms with Crippen LogP contribution in [0.3, 0.4) is 0 Å². The maximum Gasteiger partial charge on any atom is 0.152 e. The van der Waals surface area contributed by atoms with Crippen LogP contribution in [0.5, 0.6) is 0 Å². The van der Waals surface area contributed by atoms with Gasteiger partial charge in [0.15, 0.2) is 5.82 Å². The first-order valence-corrected chi connectivity index (χ1v) is 6.84. The Hall–Kier alpha value is -2.18. The lowest BCUT2D eigenvalue weighted by Gasteiger charge is -2.11. The Bertz CT molecular complexity index is 839. The van der Waals surface area contributed by atoms with Gasteiger partial charge in [-0.15, -0.1) is 0 Å². The number of aliphatic hydroxyl groups excluding tert-OH is 2. The van der Waals surface area contributed by atoms with E-state index in [4.69, 9.17) is 5.73 Å². The number of anilines is 1. The first kappa shape index (κ1) is 13.8. The molecule has 0 unspecified atom stereocenters. The molecule has 0 spiro atoms. The average molecular weight is 286 g/mol. The topological polar surface area (TPSA) is 97.2 Å².